The van der Waals surface area contributed by atoms with Crippen LogP contribution in [-0.4, -0.2) is 18.5 Å². The second-order valence-corrected chi connectivity index (χ2v) is 6.52. The molecule has 146 valence electrons. The number of carbonyl (C=O) groups excluding carboxylic acids is 2. The van der Waals surface area contributed by atoms with Crippen molar-refractivity contribution in [2.75, 3.05) is 6.61 Å². The molecule has 0 N–H and O–H groups in total. The molecule has 0 saturated carbocycles. The summed E-state index contributed by atoms with van der Waals surface area (Å²) in [6.45, 7) is 3.73. The number of fused-ring (bicyclic) bond motifs is 3. The lowest BCUT2D eigenvalue weighted by Gasteiger charge is -2.08. The zero-order chi connectivity index (χ0) is 20.4. The smallest absolute Gasteiger partial charge is 0.342 e. The Bertz CT molecular complexity index is 1200. The summed E-state index contributed by atoms with van der Waals surface area (Å²) in [5.74, 6) is 0.00111. The van der Waals surface area contributed by atoms with Crippen molar-refractivity contribution in [3.63, 3.8) is 0 Å². The minimum absolute atomic E-state index is 0.241. The molecule has 5 nitrogen and oxygen atoms in total. The van der Waals surface area contributed by atoms with Gasteiger partial charge in [0.15, 0.2) is 0 Å². The van der Waals surface area contributed by atoms with Crippen LogP contribution in [0, 0.1) is 0 Å². The van der Waals surface area contributed by atoms with Gasteiger partial charge in [0, 0.05) is 28.1 Å². The summed E-state index contributed by atoms with van der Waals surface area (Å²) in [6.07, 6.45) is 0.248. The zero-order valence-electron chi connectivity index (χ0n) is 16.2. The van der Waals surface area contributed by atoms with Gasteiger partial charge in [0.25, 0.3) is 0 Å². The summed E-state index contributed by atoms with van der Waals surface area (Å²) in [4.78, 5) is 24.8. The van der Waals surface area contributed by atoms with Gasteiger partial charge in [0.05, 0.1) is 6.61 Å². The topological polar surface area (TPSA) is 65.7 Å². The first-order valence-corrected chi connectivity index (χ1v) is 9.55. The highest BCUT2D eigenvalue weighted by Gasteiger charge is 2.26. The van der Waals surface area contributed by atoms with Crippen molar-refractivity contribution in [3.05, 3.63) is 66.2 Å². The third-order valence-corrected chi connectivity index (χ3v) is 4.69. The normalized spacial score (nSPS) is 11.0. The molecule has 0 radical (unpaired) electrons. The van der Waals surface area contributed by atoms with Crippen LogP contribution in [-0.2, 0) is 9.53 Å². The fourth-order valence-electron chi connectivity index (χ4n) is 3.36. The Labute approximate surface area is 167 Å². The van der Waals surface area contributed by atoms with Crippen molar-refractivity contribution in [1.82, 2.24) is 0 Å². The van der Waals surface area contributed by atoms with Gasteiger partial charge in [-0.2, -0.15) is 0 Å². The fraction of sp³-hybridized carbons (Fsp3) is 0.167. The number of carbonyl (C=O) groups is 2. The molecule has 0 saturated heterocycles. The van der Waals surface area contributed by atoms with Crippen molar-refractivity contribution in [2.45, 2.75) is 20.3 Å². The monoisotopic (exact) mass is 388 g/mol. The summed E-state index contributed by atoms with van der Waals surface area (Å²) < 4.78 is 17.1. The van der Waals surface area contributed by atoms with Crippen LogP contribution >= 0.6 is 0 Å². The quantitative estimate of drug-likeness (QED) is 0.322. The Morgan fingerprint density at radius 1 is 0.897 bits per heavy atom. The van der Waals surface area contributed by atoms with E-state index in [2.05, 4.69) is 0 Å². The van der Waals surface area contributed by atoms with E-state index in [-0.39, 0.29) is 19.0 Å². The van der Waals surface area contributed by atoms with E-state index in [0.717, 1.165) is 16.3 Å². The molecule has 29 heavy (non-hydrogen) atoms. The molecule has 5 heteroatoms. The van der Waals surface area contributed by atoms with Crippen molar-refractivity contribution >= 4 is 33.7 Å². The number of hydrogen-bond donors (Lipinski definition) is 0. The van der Waals surface area contributed by atoms with E-state index in [4.69, 9.17) is 13.9 Å². The predicted octanol–water partition coefficient (Wildman–Crippen LogP) is 5.75. The standard InChI is InChI=1S/C24H20O5/c1-3-20(25)28-19-14-18-21(24(26)27-4-2)22(15-10-6-5-7-11-15)29-23(18)17-13-9-8-12-16(17)19/h5-14H,3-4H2,1-2H3. The van der Waals surface area contributed by atoms with Crippen LogP contribution in [0.25, 0.3) is 33.1 Å². The number of rotatable bonds is 5. The van der Waals surface area contributed by atoms with Crippen LogP contribution in [0.3, 0.4) is 0 Å². The van der Waals surface area contributed by atoms with Gasteiger partial charge in [-0.05, 0) is 13.0 Å². The first-order chi connectivity index (χ1) is 14.1. The highest BCUT2D eigenvalue weighted by Crippen LogP contribution is 2.41. The van der Waals surface area contributed by atoms with Crippen molar-refractivity contribution in [1.29, 1.82) is 0 Å². The molecule has 0 unspecified atom stereocenters. The second-order valence-electron chi connectivity index (χ2n) is 6.52. The molecule has 1 heterocycles. The van der Waals surface area contributed by atoms with Crippen molar-refractivity contribution in [2.24, 2.45) is 0 Å². The number of hydrogen-bond acceptors (Lipinski definition) is 5. The van der Waals surface area contributed by atoms with E-state index in [1.54, 1.807) is 19.9 Å². The van der Waals surface area contributed by atoms with E-state index >= 15 is 0 Å². The zero-order valence-corrected chi connectivity index (χ0v) is 16.2. The number of furan rings is 1. The average Bonchev–Trinajstić information content (AvgIpc) is 3.14. The number of ether oxygens (including phenoxy) is 2. The largest absolute Gasteiger partial charge is 0.462 e. The molecular weight excluding hydrogens is 368 g/mol. The van der Waals surface area contributed by atoms with Gasteiger partial charge in [-0.25, -0.2) is 4.79 Å². The minimum atomic E-state index is -0.479. The van der Waals surface area contributed by atoms with Gasteiger partial charge < -0.3 is 13.9 Å². The van der Waals surface area contributed by atoms with Crippen LogP contribution in [0.5, 0.6) is 5.75 Å². The lowest BCUT2D eigenvalue weighted by molar-refractivity contribution is -0.133. The summed E-state index contributed by atoms with van der Waals surface area (Å²) in [7, 11) is 0. The van der Waals surface area contributed by atoms with Crippen LogP contribution in [0.15, 0.2) is 65.1 Å². The molecule has 0 amide bonds. The molecule has 0 aliphatic heterocycles. The maximum absolute atomic E-state index is 12.8. The highest BCUT2D eigenvalue weighted by molar-refractivity contribution is 6.17. The van der Waals surface area contributed by atoms with Gasteiger partial charge in [-0.15, -0.1) is 0 Å². The summed E-state index contributed by atoms with van der Waals surface area (Å²) in [6, 6.07) is 18.6. The molecule has 1 aromatic heterocycles. The lowest BCUT2D eigenvalue weighted by Crippen LogP contribution is -2.07. The molecule has 0 bridgehead atoms. The SMILES string of the molecule is CCOC(=O)c1c(-c2ccccc2)oc2c1cc(OC(=O)CC)c1ccccc12. The molecule has 0 spiro atoms. The Morgan fingerprint density at radius 2 is 1.59 bits per heavy atom. The van der Waals surface area contributed by atoms with Gasteiger partial charge in [-0.3, -0.25) is 4.79 Å². The molecular formula is C24H20O5. The summed E-state index contributed by atoms with van der Waals surface area (Å²) in [5, 5.41) is 2.06. The summed E-state index contributed by atoms with van der Waals surface area (Å²) in [5.41, 5.74) is 1.65. The second kappa shape index (κ2) is 7.80. The molecule has 0 fully saturated rings. The number of esters is 2. The van der Waals surface area contributed by atoms with Crippen molar-refractivity contribution < 1.29 is 23.5 Å². The maximum atomic E-state index is 12.8. The maximum Gasteiger partial charge on any atom is 0.342 e. The van der Waals surface area contributed by atoms with Gasteiger partial charge >= 0.3 is 11.9 Å². The first-order valence-electron chi connectivity index (χ1n) is 9.55. The highest BCUT2D eigenvalue weighted by atomic mass is 16.5. The summed E-state index contributed by atoms with van der Waals surface area (Å²) >= 11 is 0. The Balaban J connectivity index is 2.07. The van der Waals surface area contributed by atoms with Crippen molar-refractivity contribution in [3.8, 4) is 17.1 Å². The third kappa shape index (κ3) is 3.36. The molecule has 0 aliphatic carbocycles. The third-order valence-electron chi connectivity index (χ3n) is 4.69. The van der Waals surface area contributed by atoms with E-state index in [1.165, 1.54) is 0 Å². The van der Waals surface area contributed by atoms with Crippen LogP contribution < -0.4 is 4.74 Å². The Hall–Kier alpha value is -3.60. The fourth-order valence-corrected chi connectivity index (χ4v) is 3.36. The molecule has 0 aliphatic rings. The average molecular weight is 388 g/mol. The van der Waals surface area contributed by atoms with Gasteiger partial charge in [0.2, 0.25) is 0 Å². The van der Waals surface area contributed by atoms with Gasteiger partial charge in [-0.1, -0.05) is 61.5 Å². The molecule has 0 atom stereocenters. The van der Waals surface area contributed by atoms with Crippen LogP contribution in [0.1, 0.15) is 30.6 Å². The minimum Gasteiger partial charge on any atom is -0.462 e. The van der Waals surface area contributed by atoms with E-state index in [1.807, 2.05) is 54.6 Å². The van der Waals surface area contributed by atoms with E-state index in [9.17, 15) is 9.59 Å². The molecule has 4 rings (SSSR count). The molecule has 4 aromatic rings. The Kier molecular flexibility index (Phi) is 5.04. The van der Waals surface area contributed by atoms with Gasteiger partial charge in [0.1, 0.15) is 22.7 Å². The van der Waals surface area contributed by atoms with Crippen LogP contribution in [0.4, 0.5) is 0 Å². The van der Waals surface area contributed by atoms with E-state index in [0.29, 0.717) is 28.0 Å². The van der Waals surface area contributed by atoms with Crippen LogP contribution in [0.2, 0.25) is 0 Å². The number of benzene rings is 3. The lowest BCUT2D eigenvalue weighted by atomic mass is 10.0. The van der Waals surface area contributed by atoms with E-state index < -0.39 is 5.97 Å². The Morgan fingerprint density at radius 3 is 2.28 bits per heavy atom. The first kappa shape index (κ1) is 18.7. The predicted molar refractivity (Wildman–Crippen MR) is 111 cm³/mol. The molecule has 3 aromatic carbocycles.